The Morgan fingerprint density at radius 3 is 2.31 bits per heavy atom. The summed E-state index contributed by atoms with van der Waals surface area (Å²) in [5.41, 5.74) is -6.15. The number of nitrogens with zero attached hydrogens (tertiary/aromatic N) is 5. The fourth-order valence-corrected chi connectivity index (χ4v) is 7.20. The molecule has 4 aliphatic rings. The summed E-state index contributed by atoms with van der Waals surface area (Å²) in [7, 11) is 1.78. The Hall–Kier alpha value is -4.47. The lowest BCUT2D eigenvalue weighted by Gasteiger charge is -2.41. The molecule has 0 radical (unpaired) electrons. The van der Waals surface area contributed by atoms with Crippen molar-refractivity contribution in [3.63, 3.8) is 0 Å². The molecular formula is C32H29F7N6O3. The van der Waals surface area contributed by atoms with E-state index in [1.807, 2.05) is 0 Å². The molecule has 1 N–H and O–H groups in total. The van der Waals surface area contributed by atoms with Crippen molar-refractivity contribution in [3.8, 4) is 11.1 Å². The summed E-state index contributed by atoms with van der Waals surface area (Å²) < 4.78 is 103. The van der Waals surface area contributed by atoms with E-state index in [2.05, 4.69) is 10.4 Å². The van der Waals surface area contributed by atoms with Gasteiger partial charge in [-0.05, 0) is 54.8 Å². The highest BCUT2D eigenvalue weighted by Gasteiger charge is 2.69. The molecule has 2 aliphatic heterocycles. The first-order chi connectivity index (χ1) is 22.5. The van der Waals surface area contributed by atoms with Gasteiger partial charge in [-0.1, -0.05) is 24.3 Å². The normalized spacial score (nSPS) is 23.6. The smallest absolute Gasteiger partial charge is 0.322 e. The number of urea groups is 1. The van der Waals surface area contributed by atoms with E-state index in [4.69, 9.17) is 0 Å². The number of nitrogens with one attached hydrogen (secondary N) is 1. The highest BCUT2D eigenvalue weighted by atomic mass is 19.4. The molecular weight excluding hydrogens is 649 g/mol. The average Bonchev–Trinajstić information content (AvgIpc) is 3.56. The lowest BCUT2D eigenvalue weighted by Crippen LogP contribution is -2.59. The van der Waals surface area contributed by atoms with Crippen LogP contribution in [0.2, 0.25) is 0 Å². The van der Waals surface area contributed by atoms with E-state index in [1.165, 1.54) is 41.3 Å². The fraction of sp³-hybridized carbons (Fsp3) is 0.438. The van der Waals surface area contributed by atoms with Gasteiger partial charge in [-0.15, -0.1) is 0 Å². The van der Waals surface area contributed by atoms with Crippen molar-refractivity contribution in [2.24, 2.45) is 0 Å². The van der Waals surface area contributed by atoms with Gasteiger partial charge in [-0.3, -0.25) is 24.1 Å². The Kier molecular flexibility index (Phi) is 7.03. The lowest BCUT2D eigenvalue weighted by molar-refractivity contribution is -0.202. The number of amides is 4. The number of hydrogen-bond donors (Lipinski definition) is 1. The molecule has 0 unspecified atom stereocenters. The van der Waals surface area contributed by atoms with Crippen molar-refractivity contribution >= 4 is 17.8 Å². The minimum atomic E-state index is -4.84. The molecule has 2 aromatic carbocycles. The zero-order chi connectivity index (χ0) is 34.4. The number of halogens is 7. The first-order valence-corrected chi connectivity index (χ1v) is 15.1. The second kappa shape index (κ2) is 10.5. The number of carbonyl (C=O) groups excluding carboxylic acids is 3. The van der Waals surface area contributed by atoms with Crippen molar-refractivity contribution in [2.75, 3.05) is 26.7 Å². The molecule has 1 aromatic heterocycles. The van der Waals surface area contributed by atoms with Crippen LogP contribution in [-0.2, 0) is 34.1 Å². The van der Waals surface area contributed by atoms with Crippen LogP contribution in [0.15, 0.2) is 54.9 Å². The van der Waals surface area contributed by atoms with E-state index in [0.717, 1.165) is 18.2 Å². The summed E-state index contributed by atoms with van der Waals surface area (Å²) in [6, 6.07) is 7.13. The molecule has 9 nitrogen and oxygen atoms in total. The van der Waals surface area contributed by atoms with Gasteiger partial charge >= 0.3 is 12.2 Å². The minimum Gasteiger partial charge on any atom is -0.322 e. The Balaban J connectivity index is 1.14. The van der Waals surface area contributed by atoms with E-state index < -0.39 is 90.4 Å². The van der Waals surface area contributed by atoms with Gasteiger partial charge < -0.3 is 10.2 Å². The van der Waals surface area contributed by atoms with Crippen LogP contribution >= 0.6 is 0 Å². The standard InChI is InChI=1S/C32H29F7N6O3/c1-42-16-28(34,17-42)18-43-13-21(11-40-43)20-4-7-23-24(10-20)31(35,36)15-30(23)26(47)44(27(48)41-30)14-25(46)45(29(8-9-29)32(37,38)39)12-19-2-5-22(33)6-3-19/h2-7,10-11,13H,8-9,12,14-18H2,1H3,(H,41,48)/t30-/m0/s1. The molecule has 48 heavy (non-hydrogen) atoms. The zero-order valence-electron chi connectivity index (χ0n) is 25.5. The van der Waals surface area contributed by atoms with E-state index >= 15 is 8.78 Å². The summed E-state index contributed by atoms with van der Waals surface area (Å²) in [6.07, 6.45) is -3.93. The van der Waals surface area contributed by atoms with Gasteiger partial charge in [0.25, 0.3) is 11.8 Å². The molecule has 1 saturated carbocycles. The van der Waals surface area contributed by atoms with Crippen LogP contribution in [0.3, 0.4) is 0 Å². The number of hydrogen-bond acceptors (Lipinski definition) is 5. The minimum absolute atomic E-state index is 0.0257. The maximum absolute atomic E-state index is 15.6. The first-order valence-electron chi connectivity index (χ1n) is 15.1. The fourth-order valence-electron chi connectivity index (χ4n) is 7.20. The monoisotopic (exact) mass is 678 g/mol. The van der Waals surface area contributed by atoms with Gasteiger partial charge in [0.05, 0.1) is 19.2 Å². The molecule has 3 heterocycles. The molecule has 2 saturated heterocycles. The zero-order valence-corrected chi connectivity index (χ0v) is 25.5. The van der Waals surface area contributed by atoms with Crippen LogP contribution in [0.4, 0.5) is 35.5 Å². The van der Waals surface area contributed by atoms with Crippen molar-refractivity contribution in [1.29, 1.82) is 0 Å². The van der Waals surface area contributed by atoms with E-state index in [-0.39, 0.29) is 30.8 Å². The Morgan fingerprint density at radius 1 is 1.00 bits per heavy atom. The van der Waals surface area contributed by atoms with E-state index in [1.54, 1.807) is 11.9 Å². The van der Waals surface area contributed by atoms with Crippen LogP contribution in [0.25, 0.3) is 11.1 Å². The molecule has 16 heteroatoms. The topological polar surface area (TPSA) is 90.8 Å². The highest BCUT2D eigenvalue weighted by Crippen LogP contribution is 2.55. The Bertz CT molecular complexity index is 1820. The summed E-state index contributed by atoms with van der Waals surface area (Å²) in [6.45, 7) is -1.28. The van der Waals surface area contributed by atoms with Crippen LogP contribution < -0.4 is 5.32 Å². The molecule has 1 spiro atoms. The van der Waals surface area contributed by atoms with Gasteiger partial charge in [0.2, 0.25) is 5.91 Å². The average molecular weight is 679 g/mol. The number of carbonyl (C=O) groups is 3. The number of benzene rings is 2. The van der Waals surface area contributed by atoms with Crippen molar-refractivity contribution in [1.82, 2.24) is 29.8 Å². The van der Waals surface area contributed by atoms with Crippen molar-refractivity contribution < 1.29 is 45.1 Å². The summed E-state index contributed by atoms with van der Waals surface area (Å²) in [5, 5.41) is 6.45. The van der Waals surface area contributed by atoms with Crippen LogP contribution in [0.5, 0.6) is 0 Å². The molecule has 0 bridgehead atoms. The number of imide groups is 1. The highest BCUT2D eigenvalue weighted by molar-refractivity contribution is 6.10. The largest absolute Gasteiger partial charge is 0.411 e. The maximum atomic E-state index is 15.6. The summed E-state index contributed by atoms with van der Waals surface area (Å²) in [5.74, 6) is -6.68. The third-order valence-electron chi connectivity index (χ3n) is 9.67. The Labute approximate surface area is 269 Å². The van der Waals surface area contributed by atoms with Gasteiger partial charge in [0, 0.05) is 37.0 Å². The van der Waals surface area contributed by atoms with Crippen molar-refractivity contribution in [2.45, 2.75) is 61.2 Å². The third kappa shape index (κ3) is 5.11. The van der Waals surface area contributed by atoms with Crippen LogP contribution in [0.1, 0.15) is 36.0 Å². The molecule has 3 aromatic rings. The Morgan fingerprint density at radius 2 is 1.69 bits per heavy atom. The molecule has 4 amide bonds. The number of likely N-dealkylation sites (tertiary alicyclic amines) is 1. The van der Waals surface area contributed by atoms with E-state index in [0.29, 0.717) is 20.9 Å². The third-order valence-corrected chi connectivity index (χ3v) is 9.67. The van der Waals surface area contributed by atoms with E-state index in [9.17, 15) is 36.3 Å². The molecule has 254 valence electrons. The van der Waals surface area contributed by atoms with Gasteiger partial charge in [0.15, 0.2) is 11.2 Å². The first kappa shape index (κ1) is 32.1. The van der Waals surface area contributed by atoms with Gasteiger partial charge in [-0.25, -0.2) is 22.4 Å². The van der Waals surface area contributed by atoms with Crippen molar-refractivity contribution in [3.05, 3.63) is 77.4 Å². The van der Waals surface area contributed by atoms with Gasteiger partial charge in [-0.2, -0.15) is 18.3 Å². The predicted octanol–water partition coefficient (Wildman–Crippen LogP) is 4.71. The van der Waals surface area contributed by atoms with Gasteiger partial charge in [0.1, 0.15) is 17.9 Å². The lowest BCUT2D eigenvalue weighted by atomic mass is 9.90. The number of alkyl halides is 6. The van der Waals surface area contributed by atoms with Crippen LogP contribution in [-0.4, -0.2) is 86.4 Å². The second-order valence-electron chi connectivity index (χ2n) is 13.3. The maximum Gasteiger partial charge on any atom is 0.411 e. The SMILES string of the molecule is CN1CC(F)(Cn2cc(-c3ccc4c(c3)C(F)(F)C[C@]43NC(=O)N(CC(=O)N(Cc4ccc(F)cc4)C4(C(F)(F)F)CC4)C3=O)cn2)C1. The summed E-state index contributed by atoms with van der Waals surface area (Å²) >= 11 is 0. The number of rotatable bonds is 8. The molecule has 7 rings (SSSR count). The molecule has 3 fully saturated rings. The number of fused-ring (bicyclic) bond motifs is 2. The predicted molar refractivity (Wildman–Crippen MR) is 154 cm³/mol. The number of aromatic nitrogens is 2. The quantitative estimate of drug-likeness (QED) is 0.276. The second-order valence-corrected chi connectivity index (χ2v) is 13.3. The summed E-state index contributed by atoms with van der Waals surface area (Å²) in [4.78, 5) is 43.1. The van der Waals surface area contributed by atoms with Crippen LogP contribution in [0, 0.1) is 5.82 Å². The molecule has 1 atom stereocenters. The molecule has 2 aliphatic carbocycles.